The Kier molecular flexibility index (Phi) is 4.96. The van der Waals surface area contributed by atoms with E-state index in [1.54, 1.807) is 20.9 Å². The van der Waals surface area contributed by atoms with Crippen LogP contribution in [0.15, 0.2) is 0 Å². The molecule has 0 spiro atoms. The number of carboxylic acid groups (broad SMARTS) is 1. The van der Waals surface area contributed by atoms with Gasteiger partial charge in [0.2, 0.25) is 5.91 Å². The zero-order valence-electron chi connectivity index (χ0n) is 12.5. The first-order valence-corrected chi connectivity index (χ1v) is 6.94. The number of rotatable bonds is 5. The van der Waals surface area contributed by atoms with Crippen molar-refractivity contribution in [2.24, 2.45) is 0 Å². The van der Waals surface area contributed by atoms with Crippen molar-refractivity contribution in [1.29, 1.82) is 0 Å². The number of hydrogen-bond donors (Lipinski definition) is 2. The number of carbonyl (C=O) groups is 2. The number of nitrogens with one attached hydrogen (secondary N) is 1. The van der Waals surface area contributed by atoms with E-state index < -0.39 is 11.5 Å². The fraction of sp³-hybridized carbons (Fsp3) is 0.857. The van der Waals surface area contributed by atoms with Crippen LogP contribution in [0.1, 0.15) is 52.4 Å². The predicted molar refractivity (Wildman–Crippen MR) is 74.0 cm³/mol. The molecule has 0 aromatic heterocycles. The van der Waals surface area contributed by atoms with Crippen molar-refractivity contribution in [2.75, 3.05) is 14.1 Å². The second kappa shape index (κ2) is 5.90. The molecule has 1 amide bonds. The van der Waals surface area contributed by atoms with Gasteiger partial charge in [0.15, 0.2) is 0 Å². The summed E-state index contributed by atoms with van der Waals surface area (Å²) in [6.45, 7) is 3.11. The summed E-state index contributed by atoms with van der Waals surface area (Å²) in [4.78, 5) is 24.9. The summed E-state index contributed by atoms with van der Waals surface area (Å²) in [5.41, 5.74) is -1.32. The van der Waals surface area contributed by atoms with Crippen LogP contribution in [0.5, 0.6) is 0 Å². The summed E-state index contributed by atoms with van der Waals surface area (Å²) < 4.78 is 0. The minimum atomic E-state index is -1.17. The van der Waals surface area contributed by atoms with Crippen LogP contribution in [0.3, 0.4) is 0 Å². The molecule has 110 valence electrons. The lowest BCUT2D eigenvalue weighted by Crippen LogP contribution is -2.54. The first kappa shape index (κ1) is 16.0. The van der Waals surface area contributed by atoms with Crippen molar-refractivity contribution in [3.05, 3.63) is 0 Å². The normalized spacial score (nSPS) is 18.9. The highest BCUT2D eigenvalue weighted by Crippen LogP contribution is 2.31. The minimum Gasteiger partial charge on any atom is -0.480 e. The molecule has 0 aromatic carbocycles. The van der Waals surface area contributed by atoms with Gasteiger partial charge in [0.05, 0.1) is 0 Å². The van der Waals surface area contributed by atoms with Gasteiger partial charge in [-0.1, -0.05) is 19.3 Å². The Morgan fingerprint density at radius 3 is 2.21 bits per heavy atom. The molecule has 1 saturated carbocycles. The number of hydrogen-bond acceptors (Lipinski definition) is 3. The molecular weight excluding hydrogens is 244 g/mol. The van der Waals surface area contributed by atoms with Gasteiger partial charge in [0.1, 0.15) is 5.54 Å². The second-order valence-electron chi connectivity index (χ2n) is 6.08. The number of likely N-dealkylation sites (N-methyl/N-ethyl adjacent to an activating group) is 1. The fourth-order valence-electron chi connectivity index (χ4n) is 2.61. The van der Waals surface area contributed by atoms with Crippen molar-refractivity contribution in [1.82, 2.24) is 10.2 Å². The van der Waals surface area contributed by atoms with E-state index in [4.69, 9.17) is 0 Å². The molecule has 1 rings (SSSR count). The third-order valence-electron chi connectivity index (χ3n) is 4.57. The molecule has 1 fully saturated rings. The highest BCUT2D eigenvalue weighted by Gasteiger charge is 2.39. The average molecular weight is 270 g/mol. The average Bonchev–Trinajstić information content (AvgIpc) is 2.38. The number of aliphatic carboxylic acids is 1. The van der Waals surface area contributed by atoms with Gasteiger partial charge in [-0.3, -0.25) is 4.79 Å². The molecule has 1 aliphatic rings. The molecule has 0 aliphatic heterocycles. The van der Waals surface area contributed by atoms with E-state index in [0.717, 1.165) is 25.7 Å². The molecule has 0 atom stereocenters. The predicted octanol–water partition coefficient (Wildman–Crippen LogP) is 1.62. The Morgan fingerprint density at radius 1 is 1.26 bits per heavy atom. The van der Waals surface area contributed by atoms with E-state index in [1.807, 2.05) is 7.05 Å². The van der Waals surface area contributed by atoms with Crippen LogP contribution in [0.2, 0.25) is 0 Å². The summed E-state index contributed by atoms with van der Waals surface area (Å²) in [6.07, 6.45) is 5.80. The summed E-state index contributed by atoms with van der Waals surface area (Å²) in [5, 5.41) is 12.5. The molecule has 5 heteroatoms. The lowest BCUT2D eigenvalue weighted by Gasteiger charge is -2.40. The van der Waals surface area contributed by atoms with Crippen LogP contribution >= 0.6 is 0 Å². The molecule has 0 saturated heterocycles. The Morgan fingerprint density at radius 2 is 1.79 bits per heavy atom. The Labute approximate surface area is 115 Å². The van der Waals surface area contributed by atoms with E-state index in [-0.39, 0.29) is 11.4 Å². The smallest absolute Gasteiger partial charge is 0.329 e. The van der Waals surface area contributed by atoms with Gasteiger partial charge in [-0.15, -0.1) is 0 Å². The third-order valence-corrected chi connectivity index (χ3v) is 4.57. The minimum absolute atomic E-state index is 0.108. The summed E-state index contributed by atoms with van der Waals surface area (Å²) >= 11 is 0. The molecule has 0 bridgehead atoms. The molecule has 0 unspecified atom stereocenters. The Bertz CT molecular complexity index is 347. The van der Waals surface area contributed by atoms with E-state index in [1.165, 1.54) is 11.3 Å². The first-order valence-electron chi connectivity index (χ1n) is 6.94. The quantitative estimate of drug-likeness (QED) is 0.796. The highest BCUT2D eigenvalue weighted by molar-refractivity contribution is 5.86. The van der Waals surface area contributed by atoms with E-state index >= 15 is 0 Å². The van der Waals surface area contributed by atoms with Crippen LogP contribution in [0.4, 0.5) is 0 Å². The van der Waals surface area contributed by atoms with Crippen molar-refractivity contribution in [3.8, 4) is 0 Å². The Balaban J connectivity index is 2.75. The van der Waals surface area contributed by atoms with Crippen molar-refractivity contribution in [2.45, 2.75) is 63.5 Å². The summed E-state index contributed by atoms with van der Waals surface area (Å²) in [6, 6.07) is 0. The van der Waals surface area contributed by atoms with Crippen LogP contribution in [0, 0.1) is 0 Å². The summed E-state index contributed by atoms with van der Waals surface area (Å²) in [7, 11) is 3.46. The lowest BCUT2D eigenvalue weighted by atomic mass is 9.79. The van der Waals surface area contributed by atoms with Crippen LogP contribution in [0.25, 0.3) is 0 Å². The standard InChI is InChI=1S/C14H26N2O3/c1-13(2,12(18)19)16(4)11(17)10-14(15-3)8-6-5-7-9-14/h15H,5-10H2,1-4H3,(H,18,19). The van der Waals surface area contributed by atoms with Crippen molar-refractivity contribution >= 4 is 11.9 Å². The van der Waals surface area contributed by atoms with E-state index in [0.29, 0.717) is 6.42 Å². The molecule has 19 heavy (non-hydrogen) atoms. The third kappa shape index (κ3) is 3.47. The van der Waals surface area contributed by atoms with Crippen molar-refractivity contribution in [3.63, 3.8) is 0 Å². The molecule has 1 aliphatic carbocycles. The van der Waals surface area contributed by atoms with E-state index in [2.05, 4.69) is 5.32 Å². The van der Waals surface area contributed by atoms with Gasteiger partial charge in [0.25, 0.3) is 0 Å². The fourth-order valence-corrected chi connectivity index (χ4v) is 2.61. The zero-order valence-corrected chi connectivity index (χ0v) is 12.5. The van der Waals surface area contributed by atoms with Gasteiger partial charge < -0.3 is 15.3 Å². The highest BCUT2D eigenvalue weighted by atomic mass is 16.4. The van der Waals surface area contributed by atoms with Gasteiger partial charge in [0, 0.05) is 19.0 Å². The van der Waals surface area contributed by atoms with E-state index in [9.17, 15) is 14.7 Å². The van der Waals surface area contributed by atoms with Gasteiger partial charge >= 0.3 is 5.97 Å². The van der Waals surface area contributed by atoms with Crippen LogP contribution in [-0.4, -0.2) is 47.1 Å². The van der Waals surface area contributed by atoms with Crippen molar-refractivity contribution < 1.29 is 14.7 Å². The van der Waals surface area contributed by atoms with Gasteiger partial charge in [-0.05, 0) is 33.7 Å². The SMILES string of the molecule is CNC1(CC(=O)N(C)C(C)(C)C(=O)O)CCCCC1. The number of amides is 1. The second-order valence-corrected chi connectivity index (χ2v) is 6.08. The molecule has 0 radical (unpaired) electrons. The number of nitrogens with zero attached hydrogens (tertiary/aromatic N) is 1. The molecule has 0 aromatic rings. The number of carbonyl (C=O) groups excluding carboxylic acids is 1. The monoisotopic (exact) mass is 270 g/mol. The zero-order chi connectivity index (χ0) is 14.7. The topological polar surface area (TPSA) is 69.6 Å². The van der Waals surface area contributed by atoms with Gasteiger partial charge in [-0.2, -0.15) is 0 Å². The lowest BCUT2D eigenvalue weighted by molar-refractivity contribution is -0.156. The largest absolute Gasteiger partial charge is 0.480 e. The molecule has 0 heterocycles. The maximum atomic E-state index is 12.3. The molecular formula is C14H26N2O3. The van der Waals surface area contributed by atoms with Gasteiger partial charge in [-0.25, -0.2) is 4.79 Å². The van der Waals surface area contributed by atoms with Crippen LogP contribution < -0.4 is 5.32 Å². The Hall–Kier alpha value is -1.10. The maximum Gasteiger partial charge on any atom is 0.329 e. The maximum absolute atomic E-state index is 12.3. The van der Waals surface area contributed by atoms with Crippen LogP contribution in [-0.2, 0) is 9.59 Å². The first-order chi connectivity index (χ1) is 8.75. The summed E-state index contributed by atoms with van der Waals surface area (Å²) in [5.74, 6) is -1.09. The molecule has 5 nitrogen and oxygen atoms in total. The molecule has 2 N–H and O–H groups in total. The number of carboxylic acids is 1.